The van der Waals surface area contributed by atoms with Crippen molar-refractivity contribution < 1.29 is 9.05 Å². The van der Waals surface area contributed by atoms with Crippen LogP contribution >= 0.6 is 17.9 Å². The van der Waals surface area contributed by atoms with Gasteiger partial charge in [0.05, 0.1) is 13.2 Å². The van der Waals surface area contributed by atoms with Crippen LogP contribution in [0.4, 0.5) is 0 Å². The van der Waals surface area contributed by atoms with E-state index in [4.69, 9.17) is 20.9 Å². The standard InChI is InChI=1S/C14H31O2PS2.Bi.3H/c1-3-5-7-9-11-13-15-17(18,19)16-14-12-10-8-6-4-2;;;;/h3-14H2,1-2H3,(H,18,19);;;;. The van der Waals surface area contributed by atoms with Gasteiger partial charge in [-0.3, -0.25) is 0 Å². The molecule has 0 aromatic heterocycles. The summed E-state index contributed by atoms with van der Waals surface area (Å²) in [6, 6.07) is 0. The summed E-state index contributed by atoms with van der Waals surface area (Å²) in [6.45, 7) is 5.83. The minimum atomic E-state index is -2.28. The molecule has 0 aliphatic heterocycles. The van der Waals surface area contributed by atoms with Gasteiger partial charge in [-0.2, -0.15) is 0 Å². The Kier molecular flexibility index (Phi) is 20.6. The van der Waals surface area contributed by atoms with Crippen molar-refractivity contribution in [3.05, 3.63) is 0 Å². The average molecular weight is 539 g/mol. The van der Waals surface area contributed by atoms with Crippen molar-refractivity contribution in [2.45, 2.75) is 78.1 Å². The van der Waals surface area contributed by atoms with Crippen molar-refractivity contribution in [2.24, 2.45) is 0 Å². The van der Waals surface area contributed by atoms with E-state index in [2.05, 4.69) is 26.1 Å². The van der Waals surface area contributed by atoms with Crippen LogP contribution in [-0.2, 0) is 20.9 Å². The zero-order chi connectivity index (χ0) is 14.4. The molecule has 124 valence electrons. The van der Waals surface area contributed by atoms with Gasteiger partial charge in [0.1, 0.15) is 0 Å². The summed E-state index contributed by atoms with van der Waals surface area (Å²) < 4.78 is 11.2. The first kappa shape index (κ1) is 24.1. The van der Waals surface area contributed by atoms with Gasteiger partial charge in [-0.05, 0) is 24.6 Å². The molecule has 20 heavy (non-hydrogen) atoms. The van der Waals surface area contributed by atoms with Crippen LogP contribution in [0.15, 0.2) is 0 Å². The van der Waals surface area contributed by atoms with Crippen LogP contribution in [0.5, 0.6) is 0 Å². The quantitative estimate of drug-likeness (QED) is 0.147. The molecule has 0 radical (unpaired) electrons. The average Bonchev–Trinajstić information content (AvgIpc) is 2.38. The third-order valence-electron chi connectivity index (χ3n) is 3.00. The first-order chi connectivity index (χ1) is 9.12. The van der Waals surface area contributed by atoms with E-state index < -0.39 is 5.69 Å². The molecule has 2 nitrogen and oxygen atoms in total. The summed E-state index contributed by atoms with van der Waals surface area (Å²) in [6.07, 6.45) is 12.3. The van der Waals surface area contributed by atoms with E-state index in [0.717, 1.165) is 12.8 Å². The van der Waals surface area contributed by atoms with E-state index in [1.54, 1.807) is 0 Å². The van der Waals surface area contributed by atoms with E-state index in [1.807, 2.05) is 0 Å². The first-order valence-corrected chi connectivity index (χ1v) is 11.5. The van der Waals surface area contributed by atoms with Gasteiger partial charge < -0.3 is 9.05 Å². The number of rotatable bonds is 14. The predicted molar refractivity (Wildman–Crippen MR) is 103 cm³/mol. The summed E-state index contributed by atoms with van der Waals surface area (Å²) in [4.78, 5) is 0. The topological polar surface area (TPSA) is 18.5 Å². The Labute approximate surface area is 155 Å². The molecule has 0 spiro atoms. The summed E-state index contributed by atoms with van der Waals surface area (Å²) in [5, 5.41) is 0. The van der Waals surface area contributed by atoms with Crippen LogP contribution in [0.1, 0.15) is 78.1 Å². The Balaban J connectivity index is 0. The summed E-state index contributed by atoms with van der Waals surface area (Å²) in [5.41, 5.74) is -2.28. The molecule has 0 saturated heterocycles. The van der Waals surface area contributed by atoms with Crippen LogP contribution in [0.3, 0.4) is 0 Å². The van der Waals surface area contributed by atoms with Crippen molar-refractivity contribution in [1.82, 2.24) is 0 Å². The molecule has 0 unspecified atom stereocenters. The molecule has 0 bridgehead atoms. The molecule has 0 rings (SSSR count). The second-order valence-electron chi connectivity index (χ2n) is 4.96. The fourth-order valence-corrected chi connectivity index (χ4v) is 3.54. The van der Waals surface area contributed by atoms with E-state index in [9.17, 15) is 0 Å². The molecule has 0 fully saturated rings. The fraction of sp³-hybridized carbons (Fsp3) is 1.00. The second kappa shape index (κ2) is 17.2. The molecule has 0 saturated carbocycles. The summed E-state index contributed by atoms with van der Waals surface area (Å²) >= 11 is 9.63. The fourth-order valence-electron chi connectivity index (χ4n) is 1.81. The molecule has 0 aromatic rings. The second-order valence-corrected chi connectivity index (χ2v) is 10.3. The summed E-state index contributed by atoms with van der Waals surface area (Å²) in [5.74, 6) is 0. The number of hydrogen-bond donors (Lipinski definition) is 1. The maximum absolute atomic E-state index is 5.61. The van der Waals surface area contributed by atoms with E-state index in [1.165, 1.54) is 51.4 Å². The van der Waals surface area contributed by atoms with Gasteiger partial charge in [-0.25, -0.2) is 0 Å². The number of thiol groups is 1. The Bertz CT molecular complexity index is 223. The molecule has 0 aliphatic carbocycles. The molecule has 6 heteroatoms. The number of hydrogen-bond acceptors (Lipinski definition) is 3. The van der Waals surface area contributed by atoms with Crippen molar-refractivity contribution in [2.75, 3.05) is 13.2 Å². The Morgan fingerprint density at radius 2 is 1.10 bits per heavy atom. The minimum absolute atomic E-state index is 0. The Hall–Kier alpha value is 1.80. The first-order valence-electron chi connectivity index (χ1n) is 7.74. The van der Waals surface area contributed by atoms with Gasteiger partial charge >= 0.3 is 26.2 Å². The zero-order valence-corrected chi connectivity index (χ0v) is 21.4. The maximum atomic E-state index is 5.61. The van der Waals surface area contributed by atoms with Gasteiger partial charge in [-0.1, -0.05) is 77.5 Å². The van der Waals surface area contributed by atoms with Gasteiger partial charge in [0.25, 0.3) is 0 Å². The molecule has 0 atom stereocenters. The summed E-state index contributed by atoms with van der Waals surface area (Å²) in [7, 11) is 0. The van der Waals surface area contributed by atoms with Crippen LogP contribution in [0, 0.1) is 0 Å². The third kappa shape index (κ3) is 17.9. The van der Waals surface area contributed by atoms with Crippen molar-refractivity contribution in [3.8, 4) is 0 Å². The van der Waals surface area contributed by atoms with Gasteiger partial charge in [0.15, 0.2) is 0 Å². The van der Waals surface area contributed by atoms with E-state index >= 15 is 0 Å². The Morgan fingerprint density at radius 3 is 1.45 bits per heavy atom. The molecule has 0 N–H and O–H groups in total. The van der Waals surface area contributed by atoms with Gasteiger partial charge in [0.2, 0.25) is 5.69 Å². The molecule has 0 aromatic carbocycles. The van der Waals surface area contributed by atoms with Gasteiger partial charge in [-0.15, -0.1) is 0 Å². The Morgan fingerprint density at radius 1 is 0.750 bits per heavy atom. The predicted octanol–water partition coefficient (Wildman–Crippen LogP) is 4.93. The zero-order valence-electron chi connectivity index (χ0n) is 13.3. The van der Waals surface area contributed by atoms with Crippen molar-refractivity contribution in [3.63, 3.8) is 0 Å². The van der Waals surface area contributed by atoms with Crippen LogP contribution in [0.25, 0.3) is 0 Å². The normalized spacial score (nSPS) is 11.3. The van der Waals surface area contributed by atoms with Gasteiger partial charge in [0, 0.05) is 0 Å². The SMILES string of the molecule is CCCCCCCOP(=S)(S)OCCCCCCC.[BiH3]. The molecule has 0 amide bonds. The van der Waals surface area contributed by atoms with Crippen molar-refractivity contribution in [1.29, 1.82) is 0 Å². The molecular weight excluding hydrogens is 504 g/mol. The van der Waals surface area contributed by atoms with Crippen LogP contribution < -0.4 is 0 Å². The van der Waals surface area contributed by atoms with Crippen molar-refractivity contribution >= 4 is 56.0 Å². The van der Waals surface area contributed by atoms with E-state index in [-0.39, 0.29) is 26.2 Å². The number of unbranched alkanes of at least 4 members (excludes halogenated alkanes) is 8. The van der Waals surface area contributed by atoms with Crippen LogP contribution in [-0.4, -0.2) is 39.4 Å². The third-order valence-corrected chi connectivity index (χ3v) is 5.35. The molecule has 0 heterocycles. The molecular formula is C14H34BiO2PS2. The molecule has 0 aliphatic rings. The van der Waals surface area contributed by atoms with E-state index in [0.29, 0.717) is 13.2 Å². The van der Waals surface area contributed by atoms with Crippen LogP contribution in [0.2, 0.25) is 0 Å². The monoisotopic (exact) mass is 538 g/mol.